The summed E-state index contributed by atoms with van der Waals surface area (Å²) in [5.74, 6) is -4.15. The molecule has 44 heteroatoms. The van der Waals surface area contributed by atoms with Gasteiger partial charge in [-0.1, -0.05) is 6.07 Å². The highest BCUT2D eigenvalue weighted by Gasteiger charge is 2.30. The molecule has 0 unspecified atom stereocenters. The van der Waals surface area contributed by atoms with Gasteiger partial charge >= 0.3 is 20.8 Å². The molecular weight excluding hydrogens is 1280 g/mol. The molecule has 10 N–H and O–H groups in total. The quantitative estimate of drug-likeness (QED) is 0.0250. The second-order valence-corrected chi connectivity index (χ2v) is 27.9. The summed E-state index contributed by atoms with van der Waals surface area (Å²) in [5.41, 5.74) is 0.686. The summed E-state index contributed by atoms with van der Waals surface area (Å²) >= 11 is 6.22. The summed E-state index contributed by atoms with van der Waals surface area (Å²) in [6, 6.07) is 9.95. The van der Waals surface area contributed by atoms with Gasteiger partial charge in [0.2, 0.25) is 17.2 Å². The first-order valence-electron chi connectivity index (χ1n) is 21.0. The Morgan fingerprint density at radius 1 is 0.580 bits per heavy atom. The van der Waals surface area contributed by atoms with Gasteiger partial charge in [0.1, 0.15) is 42.3 Å². The monoisotopic (exact) mass is 1310 g/mol. The molecule has 81 heavy (non-hydrogen) atoms. The first kappa shape index (κ1) is 63.5. The van der Waals surface area contributed by atoms with Crippen LogP contribution in [0.4, 0.5) is 51.7 Å². The van der Waals surface area contributed by atoms with E-state index in [4.69, 9.17) is 26.4 Å². The Morgan fingerprint density at radius 3 is 1.63 bits per heavy atom. The van der Waals surface area contributed by atoms with Crippen LogP contribution in [0.1, 0.15) is 6.92 Å². The summed E-state index contributed by atoms with van der Waals surface area (Å²) in [4.78, 5) is 7.16. The number of nitrogens with two attached hydrogens (primary N) is 1. The Hall–Kier alpha value is -6.66. The molecule has 0 atom stereocenters. The van der Waals surface area contributed by atoms with E-state index >= 15 is 0 Å². The Bertz CT molecular complexity index is 4580. The zero-order valence-corrected chi connectivity index (χ0v) is 47.0. The van der Waals surface area contributed by atoms with Crippen molar-refractivity contribution < 1.29 is 108 Å². The maximum Gasteiger partial charge on any atom is 0.397 e. The van der Waals surface area contributed by atoms with Crippen molar-refractivity contribution in [1.29, 1.82) is 0 Å². The third-order valence-electron chi connectivity index (χ3n) is 10.3. The van der Waals surface area contributed by atoms with Crippen molar-refractivity contribution in [3.63, 3.8) is 0 Å². The van der Waals surface area contributed by atoms with Crippen LogP contribution in [0, 0.1) is 0 Å². The van der Waals surface area contributed by atoms with E-state index in [1.54, 1.807) is 6.92 Å². The van der Waals surface area contributed by atoms with Crippen LogP contribution in [0.5, 0.6) is 5.75 Å². The molecule has 0 fully saturated rings. The molecule has 0 saturated carbocycles. The van der Waals surface area contributed by atoms with Crippen LogP contribution in [-0.4, -0.2) is 146 Å². The number of fused-ring (bicyclic) bond motifs is 1. The standard InChI is InChI=1S/C37H35ClN10O25S8/c1-2-48(21-4-3-5-22(17-21)74(50,51)12-10-72-80(66,67)68)37-42-35(38)41-36(43-37)40-20-6-9-26(76(54,55)56)25(16-20)45-47-33-29(79(63,64)65)15-19-14-28(78(60,61)62)32(31(39)30(19)34(33)49)46-44-24-8-7-23(18-27(24)77(57,58)59)75(52,53)13-11-73-81(69,70)71/h3-9,14-18,49H,2,10-13,39H2,1H3,(H,54,55,56)(H,57,58,59)(H,60,61,62)(H,63,64,65)(H,66,67,68)(H,69,70,71)(H,40,41,42,43)/b46-44+,47-45+. The molecule has 0 radical (unpaired) electrons. The summed E-state index contributed by atoms with van der Waals surface area (Å²) in [7, 11) is -41.0. The SMILES string of the molecule is CCN(c1cccc(S(=O)(=O)CCOS(=O)(=O)O)c1)c1nc(Cl)nc(Nc2ccc(S(=O)(=O)O)c(/N=N/c3c(S(=O)(=O)O)cc4cc(S(=O)(=O)O)c(/N=N/c5ccc(S(=O)(=O)CCOS(=O)(=O)O)cc5S(=O)(=O)O)c(N)c4c3O)c2)n1. The molecule has 0 bridgehead atoms. The predicted molar refractivity (Wildman–Crippen MR) is 277 cm³/mol. The van der Waals surface area contributed by atoms with Gasteiger partial charge in [0.05, 0.1) is 45.6 Å². The molecule has 0 aliphatic carbocycles. The number of hydrogen-bond donors (Lipinski definition) is 9. The normalized spacial score (nSPS) is 13.3. The van der Waals surface area contributed by atoms with Crippen LogP contribution >= 0.6 is 11.6 Å². The fourth-order valence-electron chi connectivity index (χ4n) is 6.84. The highest BCUT2D eigenvalue weighted by atomic mass is 35.5. The van der Waals surface area contributed by atoms with E-state index in [1.165, 1.54) is 23.1 Å². The Morgan fingerprint density at radius 2 is 1.10 bits per heavy atom. The molecule has 5 aromatic carbocycles. The lowest BCUT2D eigenvalue weighted by Crippen LogP contribution is -2.21. The minimum Gasteiger partial charge on any atom is -0.505 e. The molecule has 35 nitrogen and oxygen atoms in total. The van der Waals surface area contributed by atoms with Crippen molar-refractivity contribution in [2.75, 3.05) is 47.2 Å². The molecule has 0 aliphatic rings. The van der Waals surface area contributed by atoms with E-state index in [0.717, 1.165) is 24.3 Å². The second kappa shape index (κ2) is 23.3. The van der Waals surface area contributed by atoms with Crippen molar-refractivity contribution in [3.8, 4) is 5.75 Å². The minimum absolute atomic E-state index is 0.0166. The number of aromatic nitrogens is 3. The van der Waals surface area contributed by atoms with Crippen molar-refractivity contribution in [3.05, 3.63) is 78.1 Å². The van der Waals surface area contributed by atoms with Crippen LogP contribution in [0.15, 0.2) is 123 Å². The Labute approximate surface area is 462 Å². The summed E-state index contributed by atoms with van der Waals surface area (Å²) < 4.78 is 262. The zero-order valence-electron chi connectivity index (χ0n) is 39.7. The molecule has 6 rings (SSSR count). The molecule has 1 aromatic heterocycles. The third-order valence-corrected chi connectivity index (χ3v) is 18.2. The molecule has 0 spiro atoms. The molecule has 0 saturated heterocycles. The first-order valence-corrected chi connectivity index (χ1v) is 33.2. The number of phenolic OH excluding ortho intramolecular Hbond substituents is 1. The van der Waals surface area contributed by atoms with Crippen LogP contribution < -0.4 is 16.0 Å². The van der Waals surface area contributed by atoms with Crippen molar-refractivity contribution in [1.82, 2.24) is 15.0 Å². The fourth-order valence-corrected chi connectivity index (χ4v) is 12.7. The van der Waals surface area contributed by atoms with Gasteiger partial charge < -0.3 is 21.1 Å². The lowest BCUT2D eigenvalue weighted by Gasteiger charge is -2.22. The summed E-state index contributed by atoms with van der Waals surface area (Å²) in [6.07, 6.45) is 0. The smallest absolute Gasteiger partial charge is 0.397 e. The molecular formula is C37H35ClN10O25S8. The molecule has 0 amide bonds. The van der Waals surface area contributed by atoms with E-state index in [2.05, 4.69) is 49.1 Å². The number of hydrogen-bond acceptors (Lipinski definition) is 29. The lowest BCUT2D eigenvalue weighted by molar-refractivity contribution is 0.282. The molecule has 438 valence electrons. The van der Waals surface area contributed by atoms with Crippen molar-refractivity contribution in [2.45, 2.75) is 36.3 Å². The van der Waals surface area contributed by atoms with Gasteiger partial charge in [-0.25, -0.2) is 25.2 Å². The van der Waals surface area contributed by atoms with Gasteiger partial charge in [-0.15, -0.1) is 20.5 Å². The summed E-state index contributed by atoms with van der Waals surface area (Å²) in [5, 5.41) is 26.5. The van der Waals surface area contributed by atoms with Gasteiger partial charge in [0.15, 0.2) is 25.4 Å². The second-order valence-electron chi connectivity index (χ2n) is 15.7. The predicted octanol–water partition coefficient (Wildman–Crippen LogP) is 3.87. The number of nitrogens with zero attached hydrogens (tertiary/aromatic N) is 8. The Kier molecular flexibility index (Phi) is 18.3. The largest absolute Gasteiger partial charge is 0.505 e. The highest BCUT2D eigenvalue weighted by molar-refractivity contribution is 7.92. The van der Waals surface area contributed by atoms with E-state index in [-0.39, 0.29) is 28.8 Å². The van der Waals surface area contributed by atoms with E-state index < -0.39 is 186 Å². The maximum absolute atomic E-state index is 13.0. The highest BCUT2D eigenvalue weighted by Crippen LogP contribution is 2.49. The topological polar surface area (TPSA) is 563 Å². The Balaban J connectivity index is 1.44. The number of halogens is 1. The number of azo groups is 2. The van der Waals surface area contributed by atoms with E-state index in [0.29, 0.717) is 30.3 Å². The number of rotatable bonds is 23. The lowest BCUT2D eigenvalue weighted by atomic mass is 10.1. The molecule has 6 aromatic rings. The average molecular weight is 1310 g/mol. The summed E-state index contributed by atoms with van der Waals surface area (Å²) in [6.45, 7) is -0.496. The van der Waals surface area contributed by atoms with Gasteiger partial charge in [-0.05, 0) is 90.6 Å². The number of sulfone groups is 2. The maximum atomic E-state index is 13.0. The minimum atomic E-state index is -5.62. The van der Waals surface area contributed by atoms with Crippen molar-refractivity contribution in [2.24, 2.45) is 20.5 Å². The number of phenols is 1. The molecule has 0 aliphatic heterocycles. The van der Waals surface area contributed by atoms with Gasteiger partial charge in [-0.3, -0.25) is 27.3 Å². The van der Waals surface area contributed by atoms with E-state index in [1.807, 2.05) is 0 Å². The zero-order chi connectivity index (χ0) is 60.6. The molecule has 1 heterocycles. The number of anilines is 5. The first-order chi connectivity index (χ1) is 37.1. The average Bonchev–Trinajstić information content (AvgIpc) is 3.32. The van der Waals surface area contributed by atoms with Crippen LogP contribution in [0.2, 0.25) is 5.28 Å². The van der Waals surface area contributed by atoms with E-state index in [9.17, 15) is 90.7 Å². The number of nitrogen functional groups attached to an aromatic ring is 1. The van der Waals surface area contributed by atoms with Crippen LogP contribution in [0.25, 0.3) is 10.8 Å². The fraction of sp³-hybridized carbons (Fsp3) is 0.162. The van der Waals surface area contributed by atoms with Gasteiger partial charge in [0, 0.05) is 17.9 Å². The van der Waals surface area contributed by atoms with Gasteiger partial charge in [-0.2, -0.15) is 65.5 Å². The van der Waals surface area contributed by atoms with Crippen molar-refractivity contribution >= 4 is 155 Å². The van der Waals surface area contributed by atoms with Crippen LogP contribution in [0.3, 0.4) is 0 Å². The number of benzene rings is 5. The number of aromatic hydroxyl groups is 1. The third kappa shape index (κ3) is 15.9. The number of nitrogens with one attached hydrogen (secondary N) is 1. The van der Waals surface area contributed by atoms with Crippen LogP contribution in [-0.2, 0) is 89.3 Å². The van der Waals surface area contributed by atoms with Gasteiger partial charge in [0.25, 0.3) is 40.5 Å².